The number of nitrogens with two attached hydrogens (primary N) is 1. The molecule has 1 aliphatic rings. The fourth-order valence-corrected chi connectivity index (χ4v) is 2.21. The molecule has 1 atom stereocenters. The Morgan fingerprint density at radius 3 is 2.90 bits per heavy atom. The van der Waals surface area contributed by atoms with E-state index in [-0.39, 0.29) is 12.0 Å². The molecule has 0 aromatic heterocycles. The van der Waals surface area contributed by atoms with E-state index in [1.165, 1.54) is 0 Å². The minimum Gasteiger partial charge on any atom is -0.489 e. The summed E-state index contributed by atoms with van der Waals surface area (Å²) in [6.07, 6.45) is 0. The Kier molecular flexibility index (Phi) is 4.37. The molecule has 1 aliphatic heterocycles. The van der Waals surface area contributed by atoms with E-state index in [1.54, 1.807) is 0 Å². The second kappa shape index (κ2) is 6.03. The highest BCUT2D eigenvalue weighted by Crippen LogP contribution is 2.37. The number of ether oxygens (including phenoxy) is 2. The van der Waals surface area contributed by atoms with Gasteiger partial charge in [-0.2, -0.15) is 0 Å². The molecule has 0 saturated heterocycles. The van der Waals surface area contributed by atoms with E-state index in [0.717, 1.165) is 11.4 Å². The first-order chi connectivity index (χ1) is 9.50. The number of anilines is 2. The molecule has 5 heteroatoms. The number of esters is 1. The molecular weight excluding hydrogens is 256 g/mol. The number of fused-ring (bicyclic) bond motifs is 1. The Labute approximate surface area is 119 Å². The minimum absolute atomic E-state index is 0.227. The fraction of sp³-hybridized carbons (Fsp3) is 0.533. The average Bonchev–Trinajstić information content (AvgIpc) is 2.43. The summed E-state index contributed by atoms with van der Waals surface area (Å²) in [6.45, 7) is 7.46. The van der Waals surface area contributed by atoms with Crippen molar-refractivity contribution in [3.63, 3.8) is 0 Å². The van der Waals surface area contributed by atoms with Gasteiger partial charge in [0.15, 0.2) is 0 Å². The highest BCUT2D eigenvalue weighted by atomic mass is 16.5. The van der Waals surface area contributed by atoms with Crippen LogP contribution < -0.4 is 15.4 Å². The molecule has 0 spiro atoms. The number of hydrogen-bond acceptors (Lipinski definition) is 5. The lowest BCUT2D eigenvalue weighted by atomic mass is 10.1. The van der Waals surface area contributed by atoms with Gasteiger partial charge in [-0.25, -0.2) is 4.79 Å². The summed E-state index contributed by atoms with van der Waals surface area (Å²) in [5.41, 5.74) is 7.42. The van der Waals surface area contributed by atoms with Crippen molar-refractivity contribution >= 4 is 17.3 Å². The third-order valence-electron chi connectivity index (χ3n) is 3.27. The van der Waals surface area contributed by atoms with E-state index in [2.05, 4.69) is 0 Å². The van der Waals surface area contributed by atoms with Crippen LogP contribution in [-0.2, 0) is 9.53 Å². The summed E-state index contributed by atoms with van der Waals surface area (Å²) in [6, 6.07) is 5.15. The van der Waals surface area contributed by atoms with Crippen LogP contribution in [0.25, 0.3) is 0 Å². The van der Waals surface area contributed by atoms with Gasteiger partial charge in [-0.3, -0.25) is 0 Å². The Bertz CT molecular complexity index is 488. The molecule has 0 saturated carbocycles. The van der Waals surface area contributed by atoms with E-state index in [1.807, 2.05) is 43.9 Å². The monoisotopic (exact) mass is 278 g/mol. The Hall–Kier alpha value is -1.91. The van der Waals surface area contributed by atoms with Crippen molar-refractivity contribution in [2.75, 3.05) is 30.4 Å². The minimum atomic E-state index is -0.374. The zero-order valence-corrected chi connectivity index (χ0v) is 12.3. The number of benzene rings is 1. The van der Waals surface area contributed by atoms with Crippen molar-refractivity contribution in [2.45, 2.75) is 26.8 Å². The summed E-state index contributed by atoms with van der Waals surface area (Å²) in [7, 11) is 0. The van der Waals surface area contributed by atoms with Crippen LogP contribution in [0.5, 0.6) is 5.75 Å². The number of nitrogens with zero attached hydrogens (tertiary/aromatic N) is 1. The molecule has 0 fully saturated rings. The second-order valence-corrected chi connectivity index (χ2v) is 5.44. The van der Waals surface area contributed by atoms with Gasteiger partial charge in [-0.05, 0) is 25.0 Å². The fourth-order valence-electron chi connectivity index (χ4n) is 2.21. The predicted molar refractivity (Wildman–Crippen MR) is 79.0 cm³/mol. The number of nitrogen functional groups attached to an aromatic ring is 1. The predicted octanol–water partition coefficient (Wildman–Crippen LogP) is 2.06. The van der Waals surface area contributed by atoms with Gasteiger partial charge in [-0.15, -0.1) is 0 Å². The SMILES string of the molecule is CC(C)COC(=O)C(C)N1CCOc2cccc(N)c21. The number of rotatable bonds is 4. The van der Waals surface area contributed by atoms with Crippen molar-refractivity contribution in [1.82, 2.24) is 0 Å². The van der Waals surface area contributed by atoms with Crippen LogP contribution in [0.15, 0.2) is 18.2 Å². The third-order valence-corrected chi connectivity index (χ3v) is 3.27. The summed E-state index contributed by atoms with van der Waals surface area (Å²) >= 11 is 0. The highest BCUT2D eigenvalue weighted by molar-refractivity contribution is 5.84. The lowest BCUT2D eigenvalue weighted by Crippen LogP contribution is -2.45. The molecule has 2 N–H and O–H groups in total. The summed E-state index contributed by atoms with van der Waals surface area (Å²) in [5.74, 6) is 0.822. The lowest BCUT2D eigenvalue weighted by Gasteiger charge is -2.35. The molecule has 1 aromatic carbocycles. The molecular formula is C15H22N2O3. The molecule has 0 aliphatic carbocycles. The van der Waals surface area contributed by atoms with Crippen LogP contribution in [0.3, 0.4) is 0 Å². The number of carbonyl (C=O) groups is 1. The van der Waals surface area contributed by atoms with Gasteiger partial charge < -0.3 is 20.1 Å². The van der Waals surface area contributed by atoms with E-state index >= 15 is 0 Å². The summed E-state index contributed by atoms with van der Waals surface area (Å²) in [4.78, 5) is 14.1. The van der Waals surface area contributed by atoms with Crippen LogP contribution in [0, 0.1) is 5.92 Å². The third kappa shape index (κ3) is 2.98. The first kappa shape index (κ1) is 14.5. The number of para-hydroxylation sites is 1. The zero-order valence-electron chi connectivity index (χ0n) is 12.3. The molecule has 1 unspecified atom stereocenters. The van der Waals surface area contributed by atoms with Gasteiger partial charge in [0.2, 0.25) is 0 Å². The molecule has 110 valence electrons. The highest BCUT2D eigenvalue weighted by Gasteiger charge is 2.29. The molecule has 1 aromatic rings. The van der Waals surface area contributed by atoms with Crippen LogP contribution in [-0.4, -0.2) is 31.8 Å². The molecule has 0 amide bonds. The quantitative estimate of drug-likeness (QED) is 0.674. The molecule has 0 radical (unpaired) electrons. The van der Waals surface area contributed by atoms with Crippen molar-refractivity contribution in [2.24, 2.45) is 5.92 Å². The molecule has 2 rings (SSSR count). The van der Waals surface area contributed by atoms with E-state index in [9.17, 15) is 4.79 Å². The van der Waals surface area contributed by atoms with E-state index < -0.39 is 0 Å². The summed E-state index contributed by atoms with van der Waals surface area (Å²) in [5, 5.41) is 0. The van der Waals surface area contributed by atoms with Crippen molar-refractivity contribution in [1.29, 1.82) is 0 Å². The van der Waals surface area contributed by atoms with Gasteiger partial charge in [-0.1, -0.05) is 19.9 Å². The van der Waals surface area contributed by atoms with Crippen LogP contribution in [0.1, 0.15) is 20.8 Å². The van der Waals surface area contributed by atoms with Gasteiger partial charge in [0.1, 0.15) is 24.1 Å². The van der Waals surface area contributed by atoms with Gasteiger partial charge in [0.05, 0.1) is 18.8 Å². The maximum Gasteiger partial charge on any atom is 0.328 e. The number of carbonyl (C=O) groups excluding carboxylic acids is 1. The standard InChI is InChI=1S/C15H22N2O3/c1-10(2)9-20-15(18)11(3)17-7-8-19-13-6-4-5-12(16)14(13)17/h4-6,10-11H,7-9,16H2,1-3H3. The Balaban J connectivity index is 2.16. The van der Waals surface area contributed by atoms with Crippen LogP contribution in [0.4, 0.5) is 11.4 Å². The van der Waals surface area contributed by atoms with Crippen molar-refractivity contribution < 1.29 is 14.3 Å². The second-order valence-electron chi connectivity index (χ2n) is 5.44. The smallest absolute Gasteiger partial charge is 0.328 e. The Morgan fingerprint density at radius 2 is 2.20 bits per heavy atom. The van der Waals surface area contributed by atoms with Gasteiger partial charge in [0.25, 0.3) is 0 Å². The summed E-state index contributed by atoms with van der Waals surface area (Å²) < 4.78 is 10.9. The molecule has 1 heterocycles. The average molecular weight is 278 g/mol. The first-order valence-corrected chi connectivity index (χ1v) is 6.95. The van der Waals surface area contributed by atoms with Crippen LogP contribution in [0.2, 0.25) is 0 Å². The van der Waals surface area contributed by atoms with Gasteiger partial charge in [0, 0.05) is 0 Å². The largest absolute Gasteiger partial charge is 0.489 e. The molecule has 0 bridgehead atoms. The maximum absolute atomic E-state index is 12.1. The first-order valence-electron chi connectivity index (χ1n) is 6.95. The van der Waals surface area contributed by atoms with E-state index in [0.29, 0.717) is 31.4 Å². The lowest BCUT2D eigenvalue weighted by molar-refractivity contribution is -0.146. The maximum atomic E-state index is 12.1. The van der Waals surface area contributed by atoms with Crippen molar-refractivity contribution in [3.05, 3.63) is 18.2 Å². The number of hydrogen-bond donors (Lipinski definition) is 1. The van der Waals surface area contributed by atoms with Crippen molar-refractivity contribution in [3.8, 4) is 5.75 Å². The zero-order chi connectivity index (χ0) is 14.7. The van der Waals surface area contributed by atoms with E-state index in [4.69, 9.17) is 15.2 Å². The molecule has 20 heavy (non-hydrogen) atoms. The Morgan fingerprint density at radius 1 is 1.45 bits per heavy atom. The topological polar surface area (TPSA) is 64.8 Å². The molecule has 5 nitrogen and oxygen atoms in total. The van der Waals surface area contributed by atoms with Gasteiger partial charge >= 0.3 is 5.97 Å². The van der Waals surface area contributed by atoms with Crippen LogP contribution >= 0.6 is 0 Å². The normalized spacial score (nSPS) is 15.5.